The number of carbonyl (C=O) groups is 1. The molecule has 0 bridgehead atoms. The molecule has 1 atom stereocenters. The lowest BCUT2D eigenvalue weighted by Crippen LogP contribution is -2.14. The molecule has 0 saturated heterocycles. The van der Waals surface area contributed by atoms with Gasteiger partial charge in [0.15, 0.2) is 0 Å². The molecule has 1 aliphatic rings. The van der Waals surface area contributed by atoms with E-state index >= 15 is 0 Å². The first-order chi connectivity index (χ1) is 16.6. The number of benzene rings is 2. The van der Waals surface area contributed by atoms with E-state index in [1.807, 2.05) is 53.2 Å². The number of aromatic nitrogens is 2. The van der Waals surface area contributed by atoms with E-state index in [-0.39, 0.29) is 12.5 Å². The van der Waals surface area contributed by atoms with E-state index in [2.05, 4.69) is 17.4 Å². The second-order valence-corrected chi connectivity index (χ2v) is 8.99. The van der Waals surface area contributed by atoms with E-state index in [1.54, 1.807) is 6.07 Å². The first-order valence-corrected chi connectivity index (χ1v) is 11.9. The second kappa shape index (κ2) is 9.77. The van der Waals surface area contributed by atoms with Crippen LogP contribution in [-0.4, -0.2) is 33.8 Å². The predicted molar refractivity (Wildman–Crippen MR) is 134 cm³/mol. The molecule has 0 amide bonds. The highest BCUT2D eigenvalue weighted by atomic mass is 35.5. The first kappa shape index (κ1) is 22.3. The van der Waals surface area contributed by atoms with Crippen LogP contribution in [0.5, 0.6) is 5.75 Å². The summed E-state index contributed by atoms with van der Waals surface area (Å²) in [6, 6.07) is 19.1. The maximum absolute atomic E-state index is 11.6. The Morgan fingerprint density at radius 2 is 2.09 bits per heavy atom. The summed E-state index contributed by atoms with van der Waals surface area (Å²) in [5.41, 5.74) is 4.10. The first-order valence-electron chi connectivity index (χ1n) is 11.5. The number of fused-ring (bicyclic) bond motifs is 2. The Morgan fingerprint density at radius 1 is 1.18 bits per heavy atom. The van der Waals surface area contributed by atoms with Crippen LogP contribution in [0.2, 0.25) is 5.02 Å². The molecule has 1 unspecified atom stereocenters. The van der Waals surface area contributed by atoms with E-state index in [0.29, 0.717) is 11.6 Å². The summed E-state index contributed by atoms with van der Waals surface area (Å²) in [5, 5.41) is 14.5. The third-order valence-corrected chi connectivity index (χ3v) is 6.44. The Morgan fingerprint density at radius 3 is 2.94 bits per heavy atom. The zero-order chi connectivity index (χ0) is 23.5. The molecule has 34 heavy (non-hydrogen) atoms. The molecule has 6 nitrogen and oxygen atoms in total. The normalized spacial score (nSPS) is 13.8. The van der Waals surface area contributed by atoms with Gasteiger partial charge in [-0.15, -0.1) is 0 Å². The zero-order valence-electron chi connectivity index (χ0n) is 18.7. The molecule has 7 heteroatoms. The fraction of sp³-hybridized carbons (Fsp3) is 0.259. The Hall–Kier alpha value is -3.51. The minimum absolute atomic E-state index is 0.0367. The second-order valence-electron chi connectivity index (χ2n) is 8.55. The molecule has 4 aromatic rings. The van der Waals surface area contributed by atoms with Gasteiger partial charge in [0.1, 0.15) is 11.6 Å². The number of ether oxygens (including phenoxy) is 1. The number of hydrogen-bond acceptors (Lipinski definition) is 4. The Bertz CT molecular complexity index is 1330. The van der Waals surface area contributed by atoms with E-state index in [4.69, 9.17) is 21.3 Å². The number of aryl methyl sites for hydroxylation is 1. The van der Waals surface area contributed by atoms with Crippen molar-refractivity contribution in [2.45, 2.75) is 31.7 Å². The van der Waals surface area contributed by atoms with Crippen molar-refractivity contribution in [3.8, 4) is 5.75 Å². The van der Waals surface area contributed by atoms with E-state index < -0.39 is 5.97 Å². The molecule has 3 heterocycles. The molecule has 0 radical (unpaired) electrons. The molecule has 0 aliphatic carbocycles. The summed E-state index contributed by atoms with van der Waals surface area (Å²) in [5.74, 6) is 0.916. The fourth-order valence-electron chi connectivity index (χ4n) is 4.54. The van der Waals surface area contributed by atoms with Crippen LogP contribution in [0, 0.1) is 0 Å². The Kier molecular flexibility index (Phi) is 6.41. The maximum Gasteiger partial charge on any atom is 0.305 e. The van der Waals surface area contributed by atoms with Gasteiger partial charge < -0.3 is 19.7 Å². The third kappa shape index (κ3) is 4.87. The van der Waals surface area contributed by atoms with Crippen molar-refractivity contribution in [3.63, 3.8) is 0 Å². The van der Waals surface area contributed by atoms with Crippen LogP contribution < -0.4 is 10.1 Å². The van der Waals surface area contributed by atoms with Crippen molar-refractivity contribution >= 4 is 34.3 Å². The molecule has 0 fully saturated rings. The summed E-state index contributed by atoms with van der Waals surface area (Å²) in [6.07, 6.45) is 4.84. The van der Waals surface area contributed by atoms with Crippen molar-refractivity contribution in [2.24, 2.45) is 0 Å². The molecule has 5 rings (SSSR count). The van der Waals surface area contributed by atoms with E-state index in [0.717, 1.165) is 59.5 Å². The van der Waals surface area contributed by atoms with Crippen LogP contribution in [0.4, 0.5) is 5.82 Å². The zero-order valence-corrected chi connectivity index (χ0v) is 19.5. The smallest absolute Gasteiger partial charge is 0.305 e. The largest absolute Gasteiger partial charge is 0.493 e. The van der Waals surface area contributed by atoms with Gasteiger partial charge in [-0.25, -0.2) is 4.98 Å². The number of hydrogen-bond donors (Lipinski definition) is 2. The summed E-state index contributed by atoms with van der Waals surface area (Å²) < 4.78 is 8.00. The van der Waals surface area contributed by atoms with Crippen molar-refractivity contribution in [1.29, 1.82) is 0 Å². The average Bonchev–Trinajstić information content (AvgIpc) is 3.25. The lowest BCUT2D eigenvalue weighted by atomic mass is 10.0. The topological polar surface area (TPSA) is 76.4 Å². The summed E-state index contributed by atoms with van der Waals surface area (Å²) in [4.78, 5) is 16.3. The minimum atomic E-state index is -0.863. The van der Waals surface area contributed by atoms with Gasteiger partial charge in [0.05, 0.1) is 19.1 Å². The standard InChI is InChI=1S/C27H26ClN3O3/c28-21-5-1-3-19(15-21)25(17-26(32)33)31-13-10-20-16-23(8-9-24(20)31)34-14-11-22-7-6-18-4-2-12-29-27(18)30-22/h1,3,5-10,13,15-16,25H,2,4,11-12,14,17H2,(H,29,30)(H,32,33). The number of halogens is 1. The number of aliphatic carboxylic acids is 1. The Labute approximate surface area is 203 Å². The van der Waals surface area contributed by atoms with E-state index in [1.165, 1.54) is 5.56 Å². The Balaban J connectivity index is 1.31. The molecule has 0 saturated carbocycles. The molecule has 174 valence electrons. The van der Waals surface area contributed by atoms with Crippen molar-refractivity contribution in [2.75, 3.05) is 18.5 Å². The highest BCUT2D eigenvalue weighted by Crippen LogP contribution is 2.31. The van der Waals surface area contributed by atoms with Crippen LogP contribution >= 0.6 is 11.6 Å². The predicted octanol–water partition coefficient (Wildman–Crippen LogP) is 5.73. The minimum Gasteiger partial charge on any atom is -0.493 e. The third-order valence-electron chi connectivity index (χ3n) is 6.21. The van der Waals surface area contributed by atoms with Gasteiger partial charge in [-0.05, 0) is 66.4 Å². The quantitative estimate of drug-likeness (QED) is 0.340. The lowest BCUT2D eigenvalue weighted by Gasteiger charge is -2.19. The van der Waals surface area contributed by atoms with Gasteiger partial charge in [-0.1, -0.05) is 29.8 Å². The van der Waals surface area contributed by atoms with Gasteiger partial charge in [0, 0.05) is 40.8 Å². The average molecular weight is 476 g/mol. The van der Waals surface area contributed by atoms with Gasteiger partial charge in [0.25, 0.3) is 0 Å². The number of pyridine rings is 1. The molecule has 2 N–H and O–H groups in total. The number of rotatable bonds is 8. The van der Waals surface area contributed by atoms with Gasteiger partial charge in [-0.2, -0.15) is 0 Å². The lowest BCUT2D eigenvalue weighted by molar-refractivity contribution is -0.137. The number of carboxylic acids is 1. The molecule has 0 spiro atoms. The van der Waals surface area contributed by atoms with Crippen LogP contribution in [0.1, 0.15) is 35.7 Å². The fourth-order valence-corrected chi connectivity index (χ4v) is 4.74. The molecular weight excluding hydrogens is 450 g/mol. The molecule has 1 aliphatic heterocycles. The van der Waals surface area contributed by atoms with Crippen LogP contribution in [0.3, 0.4) is 0 Å². The number of nitrogens with one attached hydrogen (secondary N) is 1. The van der Waals surface area contributed by atoms with Gasteiger partial charge in [-0.3, -0.25) is 4.79 Å². The molecular formula is C27H26ClN3O3. The highest BCUT2D eigenvalue weighted by molar-refractivity contribution is 6.30. The molecule has 2 aromatic carbocycles. The van der Waals surface area contributed by atoms with Crippen LogP contribution in [0.15, 0.2) is 66.9 Å². The monoisotopic (exact) mass is 475 g/mol. The van der Waals surface area contributed by atoms with Gasteiger partial charge in [0.2, 0.25) is 0 Å². The van der Waals surface area contributed by atoms with Crippen LogP contribution in [-0.2, 0) is 17.6 Å². The summed E-state index contributed by atoms with van der Waals surface area (Å²) >= 11 is 6.17. The number of carboxylic acid groups (broad SMARTS) is 1. The number of anilines is 1. The maximum atomic E-state index is 11.6. The van der Waals surface area contributed by atoms with Crippen LogP contribution in [0.25, 0.3) is 10.9 Å². The summed E-state index contributed by atoms with van der Waals surface area (Å²) in [7, 11) is 0. The summed E-state index contributed by atoms with van der Waals surface area (Å²) in [6.45, 7) is 1.51. The van der Waals surface area contributed by atoms with E-state index in [9.17, 15) is 9.90 Å². The highest BCUT2D eigenvalue weighted by Gasteiger charge is 2.20. The van der Waals surface area contributed by atoms with Gasteiger partial charge >= 0.3 is 5.97 Å². The number of nitrogens with zero attached hydrogens (tertiary/aromatic N) is 2. The SMILES string of the molecule is O=C(O)CC(c1cccc(Cl)c1)n1ccc2cc(OCCc3ccc4c(n3)NCCC4)ccc21. The molecule has 2 aromatic heterocycles. The van der Waals surface area contributed by atoms with Crippen molar-refractivity contribution in [1.82, 2.24) is 9.55 Å². The van der Waals surface area contributed by atoms with Crippen molar-refractivity contribution < 1.29 is 14.6 Å². The van der Waals surface area contributed by atoms with Crippen molar-refractivity contribution in [3.05, 3.63) is 88.7 Å².